The molecule has 4 nitrogen and oxygen atoms in total. The summed E-state index contributed by atoms with van der Waals surface area (Å²) in [5, 5.41) is 8.94. The summed E-state index contributed by atoms with van der Waals surface area (Å²) in [6.07, 6.45) is 3.32. The normalized spacial score (nSPS) is 10.2. The molecule has 2 heterocycles. The van der Waals surface area contributed by atoms with Gasteiger partial charge in [0.15, 0.2) is 0 Å². The minimum atomic E-state index is 0.0214. The molecule has 0 unspecified atom stereocenters. The van der Waals surface area contributed by atoms with E-state index in [0.29, 0.717) is 5.56 Å². The molecule has 0 aliphatic carbocycles. The summed E-state index contributed by atoms with van der Waals surface area (Å²) in [6, 6.07) is 7.39. The molecule has 0 radical (unpaired) electrons. The summed E-state index contributed by atoms with van der Waals surface area (Å²) in [4.78, 5) is 8.46. The van der Waals surface area contributed by atoms with Crippen LogP contribution >= 0.6 is 27.7 Å². The number of hydrogen-bond acceptors (Lipinski definition) is 4. The molecule has 2 aromatic heterocycles. The van der Waals surface area contributed by atoms with Crippen LogP contribution in [-0.4, -0.2) is 15.8 Å². The number of nitrogens with two attached hydrogens (primary N) is 1. The second-order valence-electron chi connectivity index (χ2n) is 3.19. The van der Waals surface area contributed by atoms with Gasteiger partial charge in [-0.15, -0.1) is 0 Å². The molecule has 6 heteroatoms. The molecule has 2 rings (SSSR count). The van der Waals surface area contributed by atoms with Crippen molar-refractivity contribution < 1.29 is 0 Å². The highest BCUT2D eigenvalue weighted by Gasteiger charge is 2.04. The fourth-order valence-electron chi connectivity index (χ4n) is 1.15. The Bertz CT molecular complexity index is 541. The summed E-state index contributed by atoms with van der Waals surface area (Å²) in [5.74, 6) is 0.0214. The van der Waals surface area contributed by atoms with Crippen LogP contribution in [0, 0.1) is 5.41 Å². The van der Waals surface area contributed by atoms with Crippen LogP contribution in [0.4, 0.5) is 0 Å². The van der Waals surface area contributed by atoms with Gasteiger partial charge in [0.2, 0.25) is 0 Å². The standard InChI is InChI=1S/C11H9BrN4S/c12-8-2-1-5-15-11(8)17-9-4-3-7(6-16-9)10(13)14/h1-6H,(H3,13,14). The van der Waals surface area contributed by atoms with Gasteiger partial charge in [-0.1, -0.05) is 0 Å². The van der Waals surface area contributed by atoms with Crippen molar-refractivity contribution >= 4 is 33.5 Å². The summed E-state index contributed by atoms with van der Waals surface area (Å²) in [7, 11) is 0. The maximum absolute atomic E-state index is 7.27. The van der Waals surface area contributed by atoms with E-state index in [9.17, 15) is 0 Å². The highest BCUT2D eigenvalue weighted by Crippen LogP contribution is 2.29. The van der Waals surface area contributed by atoms with E-state index in [0.717, 1.165) is 14.5 Å². The van der Waals surface area contributed by atoms with Gasteiger partial charge in [0.1, 0.15) is 15.9 Å². The minimum absolute atomic E-state index is 0.0214. The number of halogens is 1. The van der Waals surface area contributed by atoms with E-state index in [1.807, 2.05) is 18.2 Å². The van der Waals surface area contributed by atoms with Crippen LogP contribution in [0.25, 0.3) is 0 Å². The summed E-state index contributed by atoms with van der Waals surface area (Å²) >= 11 is 4.88. The number of aromatic nitrogens is 2. The van der Waals surface area contributed by atoms with E-state index in [-0.39, 0.29) is 5.84 Å². The lowest BCUT2D eigenvalue weighted by Gasteiger charge is -2.03. The van der Waals surface area contributed by atoms with Gasteiger partial charge in [-0.05, 0) is 52.0 Å². The summed E-state index contributed by atoms with van der Waals surface area (Å²) in [6.45, 7) is 0. The Kier molecular flexibility index (Phi) is 3.75. The molecule has 0 bridgehead atoms. The fraction of sp³-hybridized carbons (Fsp3) is 0. The first-order valence-corrected chi connectivity index (χ1v) is 6.36. The lowest BCUT2D eigenvalue weighted by atomic mass is 10.3. The SMILES string of the molecule is N=C(N)c1ccc(Sc2ncccc2Br)nc1. The van der Waals surface area contributed by atoms with E-state index in [4.69, 9.17) is 11.1 Å². The lowest BCUT2D eigenvalue weighted by molar-refractivity contribution is 1.08. The van der Waals surface area contributed by atoms with Gasteiger partial charge >= 0.3 is 0 Å². The summed E-state index contributed by atoms with van der Waals surface area (Å²) in [5.41, 5.74) is 5.98. The smallest absolute Gasteiger partial charge is 0.124 e. The number of nitrogen functional groups attached to an aromatic ring is 1. The van der Waals surface area contributed by atoms with Gasteiger partial charge in [-0.3, -0.25) is 5.41 Å². The Morgan fingerprint density at radius 2 is 2.12 bits per heavy atom. The van der Waals surface area contributed by atoms with E-state index >= 15 is 0 Å². The zero-order valence-electron chi connectivity index (χ0n) is 8.72. The van der Waals surface area contributed by atoms with Crippen LogP contribution in [0.1, 0.15) is 5.56 Å². The molecule has 0 aliphatic heterocycles. The first-order valence-electron chi connectivity index (χ1n) is 4.75. The molecule has 0 aliphatic rings. The molecule has 0 atom stereocenters. The van der Waals surface area contributed by atoms with Gasteiger partial charge in [0, 0.05) is 18.0 Å². The van der Waals surface area contributed by atoms with Gasteiger partial charge in [0.05, 0.1) is 4.47 Å². The molecule has 0 saturated heterocycles. The van der Waals surface area contributed by atoms with Crippen molar-refractivity contribution in [3.8, 4) is 0 Å². The number of hydrogen-bond donors (Lipinski definition) is 2. The zero-order chi connectivity index (χ0) is 12.3. The monoisotopic (exact) mass is 308 g/mol. The Balaban J connectivity index is 2.20. The van der Waals surface area contributed by atoms with Crippen molar-refractivity contribution in [2.45, 2.75) is 10.1 Å². The summed E-state index contributed by atoms with van der Waals surface area (Å²) < 4.78 is 0.933. The maximum atomic E-state index is 7.27. The molecule has 3 N–H and O–H groups in total. The molecule has 0 amide bonds. The Morgan fingerprint density at radius 3 is 2.71 bits per heavy atom. The quantitative estimate of drug-likeness (QED) is 0.675. The van der Waals surface area contributed by atoms with Crippen molar-refractivity contribution in [3.63, 3.8) is 0 Å². The second kappa shape index (κ2) is 5.29. The van der Waals surface area contributed by atoms with Crippen molar-refractivity contribution in [3.05, 3.63) is 46.7 Å². The number of rotatable bonds is 3. The maximum Gasteiger partial charge on any atom is 0.124 e. The third-order valence-electron chi connectivity index (χ3n) is 1.97. The number of amidine groups is 1. The molecule has 0 saturated carbocycles. The predicted molar refractivity (Wildman–Crippen MR) is 71.3 cm³/mol. The van der Waals surface area contributed by atoms with E-state index in [1.54, 1.807) is 18.5 Å². The number of pyridine rings is 2. The number of nitrogens with zero attached hydrogens (tertiary/aromatic N) is 2. The number of nitrogens with one attached hydrogen (secondary N) is 1. The zero-order valence-corrected chi connectivity index (χ0v) is 11.1. The van der Waals surface area contributed by atoms with Gasteiger partial charge in [-0.25, -0.2) is 9.97 Å². The largest absolute Gasteiger partial charge is 0.384 e. The Labute approximate surface area is 111 Å². The van der Waals surface area contributed by atoms with E-state index in [1.165, 1.54) is 11.8 Å². The lowest BCUT2D eigenvalue weighted by Crippen LogP contribution is -2.11. The van der Waals surface area contributed by atoms with Crippen molar-refractivity contribution in [1.82, 2.24) is 9.97 Å². The Hall–Kier alpha value is -1.40. The van der Waals surface area contributed by atoms with Crippen LogP contribution in [0.15, 0.2) is 51.2 Å². The third-order valence-corrected chi connectivity index (χ3v) is 3.84. The van der Waals surface area contributed by atoms with Gasteiger partial charge < -0.3 is 5.73 Å². The molecular weight excluding hydrogens is 300 g/mol. The van der Waals surface area contributed by atoms with Crippen molar-refractivity contribution in [2.24, 2.45) is 5.73 Å². The topological polar surface area (TPSA) is 75.7 Å². The molecule has 0 fully saturated rings. The second-order valence-corrected chi connectivity index (χ2v) is 5.05. The van der Waals surface area contributed by atoms with Gasteiger partial charge in [-0.2, -0.15) is 0 Å². The molecule has 17 heavy (non-hydrogen) atoms. The van der Waals surface area contributed by atoms with E-state index in [2.05, 4.69) is 25.9 Å². The molecular formula is C11H9BrN4S. The van der Waals surface area contributed by atoms with Crippen molar-refractivity contribution in [1.29, 1.82) is 5.41 Å². The van der Waals surface area contributed by atoms with Crippen molar-refractivity contribution in [2.75, 3.05) is 0 Å². The van der Waals surface area contributed by atoms with Gasteiger partial charge in [0.25, 0.3) is 0 Å². The van der Waals surface area contributed by atoms with Crippen LogP contribution in [0.5, 0.6) is 0 Å². The highest BCUT2D eigenvalue weighted by atomic mass is 79.9. The predicted octanol–water partition coefficient (Wildman–Crippen LogP) is 2.67. The molecule has 0 spiro atoms. The van der Waals surface area contributed by atoms with E-state index < -0.39 is 0 Å². The molecule has 2 aromatic rings. The first-order chi connectivity index (χ1) is 8.16. The average Bonchev–Trinajstić information content (AvgIpc) is 2.33. The van der Waals surface area contributed by atoms with Crippen LogP contribution in [-0.2, 0) is 0 Å². The molecule has 86 valence electrons. The van der Waals surface area contributed by atoms with Crippen LogP contribution in [0.3, 0.4) is 0 Å². The molecule has 0 aromatic carbocycles. The Morgan fingerprint density at radius 1 is 1.29 bits per heavy atom. The highest BCUT2D eigenvalue weighted by molar-refractivity contribution is 9.10. The fourth-order valence-corrected chi connectivity index (χ4v) is 2.36. The first kappa shape index (κ1) is 12.1. The van der Waals surface area contributed by atoms with Crippen LogP contribution < -0.4 is 5.73 Å². The average molecular weight is 309 g/mol. The minimum Gasteiger partial charge on any atom is -0.384 e. The van der Waals surface area contributed by atoms with Crippen LogP contribution in [0.2, 0.25) is 0 Å². The third kappa shape index (κ3) is 3.04.